The molecular formula is C8H7IO. The SMILES string of the molecule is C=C(O)c1ccccc1I. The largest absolute Gasteiger partial charge is 0.508 e. The molecule has 0 aliphatic carbocycles. The first kappa shape index (κ1) is 7.60. The van der Waals surface area contributed by atoms with Crippen LogP contribution < -0.4 is 0 Å². The fourth-order valence-corrected chi connectivity index (χ4v) is 1.39. The highest BCUT2D eigenvalue weighted by Gasteiger charge is 1.98. The zero-order chi connectivity index (χ0) is 7.56. The third-order valence-electron chi connectivity index (χ3n) is 1.18. The predicted molar refractivity (Wildman–Crippen MR) is 50.8 cm³/mol. The van der Waals surface area contributed by atoms with Crippen LogP contribution in [0.15, 0.2) is 30.8 Å². The molecule has 0 bridgehead atoms. The van der Waals surface area contributed by atoms with Gasteiger partial charge in [0.05, 0.1) is 0 Å². The fraction of sp³-hybridized carbons (Fsp3) is 0. The zero-order valence-electron chi connectivity index (χ0n) is 5.34. The minimum atomic E-state index is 0.130. The van der Waals surface area contributed by atoms with Gasteiger partial charge in [0.1, 0.15) is 5.76 Å². The lowest BCUT2D eigenvalue weighted by atomic mass is 10.2. The summed E-state index contributed by atoms with van der Waals surface area (Å²) in [5, 5.41) is 9.01. The molecule has 0 amide bonds. The molecule has 0 fully saturated rings. The first-order chi connectivity index (χ1) is 4.72. The minimum absolute atomic E-state index is 0.130. The van der Waals surface area contributed by atoms with Crippen LogP contribution in [-0.4, -0.2) is 5.11 Å². The van der Waals surface area contributed by atoms with Gasteiger partial charge in [-0.05, 0) is 28.7 Å². The van der Waals surface area contributed by atoms with Crippen LogP contribution in [0.3, 0.4) is 0 Å². The molecule has 0 saturated heterocycles. The number of benzene rings is 1. The lowest BCUT2D eigenvalue weighted by Gasteiger charge is -1.99. The normalized spacial score (nSPS) is 9.30. The van der Waals surface area contributed by atoms with E-state index in [9.17, 15) is 0 Å². The van der Waals surface area contributed by atoms with Gasteiger partial charge < -0.3 is 5.11 Å². The molecule has 1 aromatic rings. The molecule has 10 heavy (non-hydrogen) atoms. The van der Waals surface area contributed by atoms with Gasteiger partial charge in [0, 0.05) is 9.13 Å². The summed E-state index contributed by atoms with van der Waals surface area (Å²) in [6, 6.07) is 7.56. The van der Waals surface area contributed by atoms with E-state index in [2.05, 4.69) is 29.2 Å². The van der Waals surface area contributed by atoms with Crippen molar-refractivity contribution < 1.29 is 5.11 Å². The summed E-state index contributed by atoms with van der Waals surface area (Å²) in [4.78, 5) is 0. The minimum Gasteiger partial charge on any atom is -0.508 e. The van der Waals surface area contributed by atoms with Crippen molar-refractivity contribution in [1.82, 2.24) is 0 Å². The van der Waals surface area contributed by atoms with Crippen LogP contribution in [0.25, 0.3) is 5.76 Å². The molecule has 0 unspecified atom stereocenters. The molecule has 0 saturated carbocycles. The van der Waals surface area contributed by atoms with Gasteiger partial charge in [-0.15, -0.1) is 0 Å². The van der Waals surface area contributed by atoms with Gasteiger partial charge in [-0.25, -0.2) is 0 Å². The maximum absolute atomic E-state index is 9.01. The van der Waals surface area contributed by atoms with E-state index in [1.54, 1.807) is 0 Å². The molecule has 0 aromatic heterocycles. The molecule has 0 heterocycles. The highest BCUT2D eigenvalue weighted by Crippen LogP contribution is 2.16. The van der Waals surface area contributed by atoms with Crippen molar-refractivity contribution in [2.75, 3.05) is 0 Å². The second kappa shape index (κ2) is 3.05. The van der Waals surface area contributed by atoms with E-state index in [0.29, 0.717) is 0 Å². The van der Waals surface area contributed by atoms with E-state index < -0.39 is 0 Å². The van der Waals surface area contributed by atoms with Crippen LogP contribution in [-0.2, 0) is 0 Å². The average molecular weight is 246 g/mol. The molecule has 0 atom stereocenters. The second-order valence-corrected chi connectivity index (χ2v) is 3.09. The summed E-state index contributed by atoms with van der Waals surface area (Å²) in [6.07, 6.45) is 0. The smallest absolute Gasteiger partial charge is 0.116 e. The van der Waals surface area contributed by atoms with E-state index in [1.165, 1.54) is 0 Å². The Morgan fingerprint density at radius 1 is 1.40 bits per heavy atom. The Kier molecular flexibility index (Phi) is 2.32. The molecule has 0 radical (unpaired) electrons. The first-order valence-electron chi connectivity index (χ1n) is 2.84. The van der Waals surface area contributed by atoms with Crippen LogP contribution >= 0.6 is 22.6 Å². The molecule has 0 aliphatic rings. The van der Waals surface area contributed by atoms with Gasteiger partial charge in [0.2, 0.25) is 0 Å². The monoisotopic (exact) mass is 246 g/mol. The van der Waals surface area contributed by atoms with E-state index in [-0.39, 0.29) is 5.76 Å². The van der Waals surface area contributed by atoms with Crippen molar-refractivity contribution in [1.29, 1.82) is 0 Å². The number of rotatable bonds is 1. The molecule has 2 heteroatoms. The molecular weight excluding hydrogens is 239 g/mol. The van der Waals surface area contributed by atoms with Crippen molar-refractivity contribution >= 4 is 28.4 Å². The quantitative estimate of drug-likeness (QED) is 0.596. The van der Waals surface area contributed by atoms with Crippen molar-refractivity contribution in [2.45, 2.75) is 0 Å². The Balaban J connectivity index is 3.15. The van der Waals surface area contributed by atoms with Gasteiger partial charge in [-0.3, -0.25) is 0 Å². The maximum Gasteiger partial charge on any atom is 0.116 e. The Bertz CT molecular complexity index is 255. The summed E-state index contributed by atoms with van der Waals surface area (Å²) in [6.45, 7) is 3.44. The van der Waals surface area contributed by atoms with E-state index >= 15 is 0 Å². The van der Waals surface area contributed by atoms with Gasteiger partial charge in [0.15, 0.2) is 0 Å². The Hall–Kier alpha value is -0.510. The van der Waals surface area contributed by atoms with Crippen molar-refractivity contribution in [3.8, 4) is 0 Å². The van der Waals surface area contributed by atoms with Crippen molar-refractivity contribution in [3.63, 3.8) is 0 Å². The lowest BCUT2D eigenvalue weighted by Crippen LogP contribution is -1.83. The summed E-state index contributed by atoms with van der Waals surface area (Å²) in [7, 11) is 0. The summed E-state index contributed by atoms with van der Waals surface area (Å²) >= 11 is 2.15. The van der Waals surface area contributed by atoms with Gasteiger partial charge in [-0.1, -0.05) is 24.8 Å². The molecule has 0 spiro atoms. The molecule has 1 N–H and O–H groups in total. The van der Waals surface area contributed by atoms with Gasteiger partial charge >= 0.3 is 0 Å². The standard InChI is InChI=1S/C8H7IO/c1-6(10)7-4-2-3-5-8(7)9/h2-5,10H,1H2. The van der Waals surface area contributed by atoms with E-state index in [4.69, 9.17) is 5.11 Å². The first-order valence-corrected chi connectivity index (χ1v) is 3.92. The Morgan fingerprint density at radius 2 is 2.00 bits per heavy atom. The molecule has 52 valence electrons. The summed E-state index contributed by atoms with van der Waals surface area (Å²) < 4.78 is 1.02. The van der Waals surface area contributed by atoms with Crippen LogP contribution in [0.1, 0.15) is 5.56 Å². The number of aliphatic hydroxyl groups is 1. The summed E-state index contributed by atoms with van der Waals surface area (Å²) in [5.41, 5.74) is 0.808. The molecule has 0 aliphatic heterocycles. The number of hydrogen-bond acceptors (Lipinski definition) is 1. The van der Waals surface area contributed by atoms with Crippen LogP contribution in [0, 0.1) is 3.57 Å². The lowest BCUT2D eigenvalue weighted by molar-refractivity contribution is 0.513. The van der Waals surface area contributed by atoms with Crippen LogP contribution in [0.2, 0.25) is 0 Å². The number of aliphatic hydroxyl groups excluding tert-OH is 1. The van der Waals surface area contributed by atoms with Crippen molar-refractivity contribution in [2.24, 2.45) is 0 Å². The fourth-order valence-electron chi connectivity index (χ4n) is 0.695. The third-order valence-corrected chi connectivity index (χ3v) is 2.13. The van der Waals surface area contributed by atoms with Crippen LogP contribution in [0.5, 0.6) is 0 Å². The molecule has 1 aromatic carbocycles. The van der Waals surface area contributed by atoms with Crippen molar-refractivity contribution in [3.05, 3.63) is 40.0 Å². The maximum atomic E-state index is 9.01. The molecule has 1 rings (SSSR count). The molecule has 1 nitrogen and oxygen atoms in total. The third kappa shape index (κ3) is 1.50. The second-order valence-electron chi connectivity index (χ2n) is 1.93. The number of halogens is 1. The predicted octanol–water partition coefficient (Wildman–Crippen LogP) is 2.82. The van der Waals surface area contributed by atoms with E-state index in [1.807, 2.05) is 24.3 Å². The summed E-state index contributed by atoms with van der Waals surface area (Å²) in [5.74, 6) is 0.130. The van der Waals surface area contributed by atoms with Gasteiger partial charge in [0.25, 0.3) is 0 Å². The van der Waals surface area contributed by atoms with E-state index in [0.717, 1.165) is 9.13 Å². The van der Waals surface area contributed by atoms with Crippen LogP contribution in [0.4, 0.5) is 0 Å². The highest BCUT2D eigenvalue weighted by atomic mass is 127. The highest BCUT2D eigenvalue weighted by molar-refractivity contribution is 14.1. The average Bonchev–Trinajstić information content (AvgIpc) is 1.88. The topological polar surface area (TPSA) is 20.2 Å². The Labute approximate surface area is 73.5 Å². The number of hydrogen-bond donors (Lipinski definition) is 1. The van der Waals surface area contributed by atoms with Gasteiger partial charge in [-0.2, -0.15) is 0 Å². The zero-order valence-corrected chi connectivity index (χ0v) is 7.50. The Morgan fingerprint density at radius 3 is 2.40 bits per heavy atom.